The van der Waals surface area contributed by atoms with Crippen LogP contribution in [0.2, 0.25) is 0 Å². The molecule has 0 aliphatic carbocycles. The highest BCUT2D eigenvalue weighted by molar-refractivity contribution is 6.29. The summed E-state index contributed by atoms with van der Waals surface area (Å²) in [6.45, 7) is 0. The zero-order valence-electron chi connectivity index (χ0n) is 33.9. The van der Waals surface area contributed by atoms with Gasteiger partial charge in [0, 0.05) is 72.4 Å². The number of aromatic nitrogens is 1. The number of nitrogens with zero attached hydrogens (tertiary/aromatic N) is 4. The van der Waals surface area contributed by atoms with E-state index in [-0.39, 0.29) is 0 Å². The molecular formula is C58H40N4. The van der Waals surface area contributed by atoms with Crippen molar-refractivity contribution in [2.24, 2.45) is 0 Å². The Balaban J connectivity index is 1.21. The van der Waals surface area contributed by atoms with E-state index in [1.165, 1.54) is 43.4 Å². The van der Waals surface area contributed by atoms with Gasteiger partial charge in [0.1, 0.15) is 0 Å². The van der Waals surface area contributed by atoms with E-state index in [1.54, 1.807) is 0 Å². The number of anilines is 9. The van der Waals surface area contributed by atoms with Gasteiger partial charge in [0.15, 0.2) is 0 Å². The molecule has 12 rings (SSSR count). The van der Waals surface area contributed by atoms with Crippen LogP contribution in [0, 0.1) is 0 Å². The molecule has 2 heterocycles. The minimum absolute atomic E-state index is 1.09. The lowest BCUT2D eigenvalue weighted by atomic mass is 9.96. The van der Waals surface area contributed by atoms with Gasteiger partial charge in [0.25, 0.3) is 0 Å². The van der Waals surface area contributed by atoms with E-state index in [9.17, 15) is 0 Å². The van der Waals surface area contributed by atoms with E-state index in [4.69, 9.17) is 0 Å². The van der Waals surface area contributed by atoms with Crippen molar-refractivity contribution >= 4 is 100 Å². The number of hydrogen-bond donors (Lipinski definition) is 0. The van der Waals surface area contributed by atoms with E-state index in [0.29, 0.717) is 0 Å². The van der Waals surface area contributed by atoms with Crippen LogP contribution in [-0.4, -0.2) is 4.40 Å². The Morgan fingerprint density at radius 1 is 0.242 bits per heavy atom. The molecule has 4 nitrogen and oxygen atoms in total. The molecule has 0 fully saturated rings. The largest absolute Gasteiger partial charge is 0.310 e. The van der Waals surface area contributed by atoms with Crippen LogP contribution in [0.4, 0.5) is 51.2 Å². The topological polar surface area (TPSA) is 14.1 Å². The van der Waals surface area contributed by atoms with Crippen LogP contribution in [0.15, 0.2) is 243 Å². The summed E-state index contributed by atoms with van der Waals surface area (Å²) in [5, 5.41) is 7.26. The van der Waals surface area contributed by atoms with Gasteiger partial charge in [-0.1, -0.05) is 133 Å². The fraction of sp³-hybridized carbons (Fsp3) is 0. The molecule has 0 spiro atoms. The molecule has 0 saturated heterocycles. The molecule has 0 aliphatic rings. The van der Waals surface area contributed by atoms with Crippen LogP contribution >= 0.6 is 0 Å². The highest BCUT2D eigenvalue weighted by Crippen LogP contribution is 2.49. The summed E-state index contributed by atoms with van der Waals surface area (Å²) in [6, 6.07) is 87.6. The van der Waals surface area contributed by atoms with Gasteiger partial charge in [-0.25, -0.2) is 0 Å². The second-order valence-corrected chi connectivity index (χ2v) is 15.8. The van der Waals surface area contributed by atoms with E-state index in [2.05, 4.69) is 262 Å². The van der Waals surface area contributed by atoms with Crippen molar-refractivity contribution in [2.75, 3.05) is 14.7 Å². The predicted octanol–water partition coefficient (Wildman–Crippen LogP) is 16.4. The molecule has 0 radical (unpaired) electrons. The average Bonchev–Trinajstić information content (AvgIpc) is 3.67. The molecule has 0 unspecified atom stereocenters. The first-order chi connectivity index (χ1) is 30.8. The van der Waals surface area contributed by atoms with Gasteiger partial charge in [-0.05, 0) is 115 Å². The molecular weight excluding hydrogens is 753 g/mol. The fourth-order valence-corrected chi connectivity index (χ4v) is 9.60. The SMILES string of the molecule is c1ccc(N(c2ccccc2)c2cc3c4ccc(N(c5ccccc5)c5ccccc5)c5cccc(c54)n4c5cc(N(c6ccccc6)c6ccccc6)ccc5c(c2)c34)cc1. The normalized spacial score (nSPS) is 11.5. The molecule has 4 heteroatoms. The summed E-state index contributed by atoms with van der Waals surface area (Å²) in [5.41, 5.74) is 13.5. The zero-order valence-corrected chi connectivity index (χ0v) is 33.9. The first-order valence-corrected chi connectivity index (χ1v) is 21.2. The fourth-order valence-electron chi connectivity index (χ4n) is 9.60. The summed E-state index contributed by atoms with van der Waals surface area (Å²) >= 11 is 0. The molecule has 12 aromatic rings. The third-order valence-electron chi connectivity index (χ3n) is 12.2. The van der Waals surface area contributed by atoms with Crippen LogP contribution < -0.4 is 14.7 Å². The first-order valence-electron chi connectivity index (χ1n) is 21.2. The molecule has 10 aromatic carbocycles. The molecule has 2 aromatic heterocycles. The Morgan fingerprint density at radius 2 is 0.661 bits per heavy atom. The third kappa shape index (κ3) is 5.76. The molecule has 0 N–H and O–H groups in total. The summed E-state index contributed by atoms with van der Waals surface area (Å²) in [4.78, 5) is 7.13. The Hall–Kier alpha value is -8.34. The number of fused-ring (bicyclic) bond motifs is 5. The van der Waals surface area contributed by atoms with Crippen molar-refractivity contribution in [3.63, 3.8) is 0 Å². The highest BCUT2D eigenvalue weighted by Gasteiger charge is 2.25. The van der Waals surface area contributed by atoms with Gasteiger partial charge in [-0.3, -0.25) is 0 Å². The van der Waals surface area contributed by atoms with E-state index in [1.807, 2.05) is 0 Å². The van der Waals surface area contributed by atoms with Gasteiger partial charge >= 0.3 is 0 Å². The predicted molar refractivity (Wildman–Crippen MR) is 263 cm³/mol. The second kappa shape index (κ2) is 14.7. The Labute approximate surface area is 360 Å². The maximum Gasteiger partial charge on any atom is 0.0621 e. The minimum atomic E-state index is 1.09. The summed E-state index contributed by atoms with van der Waals surface area (Å²) < 4.78 is 2.53. The lowest BCUT2D eigenvalue weighted by Gasteiger charge is -2.28. The van der Waals surface area contributed by atoms with Crippen molar-refractivity contribution in [1.82, 2.24) is 4.40 Å². The van der Waals surface area contributed by atoms with Gasteiger partial charge < -0.3 is 19.1 Å². The number of rotatable bonds is 9. The van der Waals surface area contributed by atoms with Crippen molar-refractivity contribution in [1.29, 1.82) is 0 Å². The molecule has 0 atom stereocenters. The maximum absolute atomic E-state index is 2.53. The lowest BCUT2D eigenvalue weighted by molar-refractivity contribution is 1.28. The van der Waals surface area contributed by atoms with Crippen LogP contribution in [0.3, 0.4) is 0 Å². The van der Waals surface area contributed by atoms with Crippen molar-refractivity contribution in [3.05, 3.63) is 243 Å². The molecule has 0 saturated carbocycles. The Morgan fingerprint density at radius 3 is 1.15 bits per heavy atom. The zero-order chi connectivity index (χ0) is 41.0. The maximum atomic E-state index is 2.53. The number of benzene rings is 10. The smallest absolute Gasteiger partial charge is 0.0621 e. The summed E-state index contributed by atoms with van der Waals surface area (Å²) in [5.74, 6) is 0. The van der Waals surface area contributed by atoms with Crippen LogP contribution in [0.25, 0.3) is 48.9 Å². The quantitative estimate of drug-likeness (QED) is 0.107. The molecule has 0 bridgehead atoms. The minimum Gasteiger partial charge on any atom is -0.310 e. The monoisotopic (exact) mass is 792 g/mol. The molecule has 62 heavy (non-hydrogen) atoms. The highest BCUT2D eigenvalue weighted by atomic mass is 15.2. The van der Waals surface area contributed by atoms with Crippen molar-refractivity contribution in [3.8, 4) is 0 Å². The van der Waals surface area contributed by atoms with Gasteiger partial charge in [-0.2, -0.15) is 0 Å². The van der Waals surface area contributed by atoms with E-state index < -0.39 is 0 Å². The summed E-state index contributed by atoms with van der Waals surface area (Å²) in [7, 11) is 0. The average molecular weight is 793 g/mol. The Bertz CT molecular complexity index is 3380. The van der Waals surface area contributed by atoms with Crippen LogP contribution in [0.1, 0.15) is 0 Å². The molecule has 0 aliphatic heterocycles. The van der Waals surface area contributed by atoms with Gasteiger partial charge in [0.2, 0.25) is 0 Å². The Kier molecular flexibility index (Phi) is 8.46. The standard InChI is InChI=1S/C58H40N4/c1-7-20-41(21-8-1)59(42-22-9-2-10-23-42)47-34-35-49-52-38-48(60(43-24-11-3-12-25-43)44-26-13-4-14-27-44)39-53-50-36-37-54(61(45-28-15-5-16-29-45)46-30-17-6-18-31-46)51-32-19-33-55(57(50)51)62(58(52)53)56(49)40-47/h1-40H. The van der Waals surface area contributed by atoms with E-state index >= 15 is 0 Å². The second-order valence-electron chi connectivity index (χ2n) is 15.8. The van der Waals surface area contributed by atoms with Gasteiger partial charge in [-0.15, -0.1) is 0 Å². The third-order valence-corrected chi connectivity index (χ3v) is 12.2. The van der Waals surface area contributed by atoms with Gasteiger partial charge in [0.05, 0.1) is 22.2 Å². The lowest BCUT2D eigenvalue weighted by Crippen LogP contribution is -2.11. The first kappa shape index (κ1) is 35.6. The number of hydrogen-bond acceptors (Lipinski definition) is 3. The van der Waals surface area contributed by atoms with Crippen LogP contribution in [-0.2, 0) is 0 Å². The van der Waals surface area contributed by atoms with Crippen molar-refractivity contribution in [2.45, 2.75) is 0 Å². The van der Waals surface area contributed by atoms with E-state index in [0.717, 1.165) is 56.7 Å². The summed E-state index contributed by atoms with van der Waals surface area (Å²) in [6.07, 6.45) is 0. The van der Waals surface area contributed by atoms with Crippen LogP contribution in [0.5, 0.6) is 0 Å². The number of pyridine rings is 1. The molecule has 0 amide bonds. The van der Waals surface area contributed by atoms with Crippen molar-refractivity contribution < 1.29 is 0 Å². The number of para-hydroxylation sites is 6. The molecule has 292 valence electrons.